The molecule has 0 aliphatic carbocycles. The standard InChI is InChI=1S/C21H19NO5/c1-4-26-15-10-9-12(11-16(15)25-3)18-17-19(23)13-7-5-6-8-14(13)27-20(17)21(24)22(18)2/h5-11,18H,4H2,1-3H3/t18-/m0/s1. The number of carbonyl (C=O) groups is 1. The van der Waals surface area contributed by atoms with Crippen molar-refractivity contribution in [1.82, 2.24) is 4.90 Å². The minimum atomic E-state index is -0.544. The van der Waals surface area contributed by atoms with E-state index in [1.165, 1.54) is 4.90 Å². The summed E-state index contributed by atoms with van der Waals surface area (Å²) in [5.41, 5.74) is 1.33. The molecule has 0 saturated carbocycles. The Morgan fingerprint density at radius 1 is 1.11 bits per heavy atom. The largest absolute Gasteiger partial charge is 0.493 e. The number of fused-ring (bicyclic) bond motifs is 2. The van der Waals surface area contributed by atoms with Crippen LogP contribution in [0.5, 0.6) is 11.5 Å². The predicted octanol–water partition coefficient (Wildman–Crippen LogP) is 3.38. The van der Waals surface area contributed by atoms with Gasteiger partial charge < -0.3 is 18.8 Å². The highest BCUT2D eigenvalue weighted by atomic mass is 16.5. The zero-order chi connectivity index (χ0) is 19.1. The van der Waals surface area contributed by atoms with E-state index in [2.05, 4.69) is 0 Å². The van der Waals surface area contributed by atoms with E-state index in [1.54, 1.807) is 50.6 Å². The number of ether oxygens (including phenoxy) is 2. The van der Waals surface area contributed by atoms with Gasteiger partial charge in [0, 0.05) is 7.05 Å². The van der Waals surface area contributed by atoms with Gasteiger partial charge in [-0.1, -0.05) is 18.2 Å². The number of methoxy groups -OCH3 is 1. The molecule has 2 heterocycles. The molecule has 3 aromatic rings. The van der Waals surface area contributed by atoms with E-state index < -0.39 is 6.04 Å². The first-order valence-corrected chi connectivity index (χ1v) is 8.70. The summed E-state index contributed by atoms with van der Waals surface area (Å²) in [5, 5.41) is 0.460. The van der Waals surface area contributed by atoms with Crippen molar-refractivity contribution in [3.05, 3.63) is 69.6 Å². The fraction of sp³-hybridized carbons (Fsp3) is 0.238. The molecule has 6 heteroatoms. The number of hydrogen-bond donors (Lipinski definition) is 0. The molecule has 1 atom stereocenters. The maximum absolute atomic E-state index is 13.1. The molecule has 0 saturated heterocycles. The van der Waals surface area contributed by atoms with Crippen LogP contribution in [0.2, 0.25) is 0 Å². The van der Waals surface area contributed by atoms with Crippen molar-refractivity contribution in [2.45, 2.75) is 13.0 Å². The molecule has 4 rings (SSSR count). The second kappa shape index (κ2) is 6.46. The Labute approximate surface area is 155 Å². The molecule has 0 N–H and O–H groups in total. The highest BCUT2D eigenvalue weighted by Gasteiger charge is 2.40. The zero-order valence-electron chi connectivity index (χ0n) is 15.3. The van der Waals surface area contributed by atoms with Gasteiger partial charge in [-0.15, -0.1) is 0 Å². The van der Waals surface area contributed by atoms with Crippen LogP contribution in [0.15, 0.2) is 51.7 Å². The minimum Gasteiger partial charge on any atom is -0.493 e. The Balaban J connectivity index is 1.93. The molecular formula is C21H19NO5. The van der Waals surface area contributed by atoms with Gasteiger partial charge in [0.1, 0.15) is 5.58 Å². The van der Waals surface area contributed by atoms with Crippen molar-refractivity contribution in [1.29, 1.82) is 0 Å². The average molecular weight is 365 g/mol. The number of benzene rings is 2. The summed E-state index contributed by atoms with van der Waals surface area (Å²) >= 11 is 0. The Kier molecular flexibility index (Phi) is 4.11. The molecule has 0 fully saturated rings. The molecule has 0 radical (unpaired) electrons. The first-order chi connectivity index (χ1) is 13.1. The topological polar surface area (TPSA) is 69.0 Å². The van der Waals surface area contributed by atoms with Crippen LogP contribution in [0.4, 0.5) is 0 Å². The molecular weight excluding hydrogens is 346 g/mol. The summed E-state index contributed by atoms with van der Waals surface area (Å²) in [5.74, 6) is 0.945. The third-order valence-corrected chi connectivity index (χ3v) is 4.81. The fourth-order valence-electron chi connectivity index (χ4n) is 3.55. The lowest BCUT2D eigenvalue weighted by atomic mass is 9.98. The van der Waals surface area contributed by atoms with Gasteiger partial charge in [0.25, 0.3) is 5.91 Å². The first kappa shape index (κ1) is 17.1. The summed E-state index contributed by atoms with van der Waals surface area (Å²) in [7, 11) is 3.22. The van der Waals surface area contributed by atoms with Gasteiger partial charge in [0.15, 0.2) is 16.9 Å². The molecule has 1 amide bonds. The van der Waals surface area contributed by atoms with Gasteiger partial charge in [-0.3, -0.25) is 9.59 Å². The second-order valence-corrected chi connectivity index (χ2v) is 6.33. The van der Waals surface area contributed by atoms with Crippen LogP contribution in [-0.4, -0.2) is 31.6 Å². The molecule has 138 valence electrons. The van der Waals surface area contributed by atoms with Gasteiger partial charge in [-0.25, -0.2) is 0 Å². The molecule has 0 bridgehead atoms. The number of nitrogens with zero attached hydrogens (tertiary/aromatic N) is 1. The van der Waals surface area contributed by atoms with Gasteiger partial charge >= 0.3 is 0 Å². The Hall–Kier alpha value is -3.28. The van der Waals surface area contributed by atoms with Crippen LogP contribution in [0.1, 0.15) is 34.6 Å². The number of carbonyl (C=O) groups excluding carboxylic acids is 1. The Bertz CT molecular complexity index is 1100. The van der Waals surface area contributed by atoms with Gasteiger partial charge in [0.2, 0.25) is 5.76 Å². The van der Waals surface area contributed by atoms with Crippen LogP contribution in [0.3, 0.4) is 0 Å². The highest BCUT2D eigenvalue weighted by Crippen LogP contribution is 2.39. The summed E-state index contributed by atoms with van der Waals surface area (Å²) in [4.78, 5) is 27.4. The molecule has 0 spiro atoms. The summed E-state index contributed by atoms with van der Waals surface area (Å²) in [6.45, 7) is 2.40. The van der Waals surface area contributed by atoms with E-state index >= 15 is 0 Å². The van der Waals surface area contributed by atoms with Gasteiger partial charge in [0.05, 0.1) is 30.7 Å². The maximum atomic E-state index is 13.1. The molecule has 0 unspecified atom stereocenters. The molecule has 27 heavy (non-hydrogen) atoms. The number of amides is 1. The smallest absolute Gasteiger partial charge is 0.290 e. The summed E-state index contributed by atoms with van der Waals surface area (Å²) in [6.07, 6.45) is 0. The lowest BCUT2D eigenvalue weighted by molar-refractivity contribution is 0.0771. The van der Waals surface area contributed by atoms with Crippen LogP contribution >= 0.6 is 0 Å². The van der Waals surface area contributed by atoms with Crippen LogP contribution in [0.25, 0.3) is 11.0 Å². The molecule has 1 aliphatic heterocycles. The van der Waals surface area contributed by atoms with E-state index in [1.807, 2.05) is 13.0 Å². The van der Waals surface area contributed by atoms with Crippen molar-refractivity contribution in [2.24, 2.45) is 0 Å². The molecule has 6 nitrogen and oxygen atoms in total. The van der Waals surface area contributed by atoms with Crippen molar-refractivity contribution in [3.63, 3.8) is 0 Å². The Morgan fingerprint density at radius 3 is 2.63 bits per heavy atom. The number of para-hydroxylation sites is 1. The lowest BCUT2D eigenvalue weighted by Crippen LogP contribution is -2.25. The molecule has 1 aliphatic rings. The molecule has 1 aromatic heterocycles. The van der Waals surface area contributed by atoms with Crippen LogP contribution in [0, 0.1) is 0 Å². The maximum Gasteiger partial charge on any atom is 0.290 e. The SMILES string of the molecule is CCOc1ccc([C@H]2c3c(oc4ccccc4c3=O)C(=O)N2C)cc1OC. The van der Waals surface area contributed by atoms with Crippen molar-refractivity contribution < 1.29 is 18.7 Å². The first-order valence-electron chi connectivity index (χ1n) is 8.70. The molecule has 2 aromatic carbocycles. The fourth-order valence-corrected chi connectivity index (χ4v) is 3.55. The van der Waals surface area contributed by atoms with Crippen LogP contribution in [-0.2, 0) is 0 Å². The van der Waals surface area contributed by atoms with E-state index in [4.69, 9.17) is 13.9 Å². The minimum absolute atomic E-state index is 0.0963. The van der Waals surface area contributed by atoms with E-state index in [9.17, 15) is 9.59 Å². The highest BCUT2D eigenvalue weighted by molar-refractivity contribution is 5.98. The van der Waals surface area contributed by atoms with Crippen molar-refractivity contribution in [3.8, 4) is 11.5 Å². The van der Waals surface area contributed by atoms with Gasteiger partial charge in [-0.05, 0) is 36.8 Å². The van der Waals surface area contributed by atoms with E-state index in [-0.39, 0.29) is 17.1 Å². The zero-order valence-corrected chi connectivity index (χ0v) is 15.3. The quantitative estimate of drug-likeness (QED) is 0.709. The normalized spacial score (nSPS) is 15.9. The van der Waals surface area contributed by atoms with E-state index in [0.29, 0.717) is 34.6 Å². The van der Waals surface area contributed by atoms with Crippen molar-refractivity contribution in [2.75, 3.05) is 20.8 Å². The Morgan fingerprint density at radius 2 is 1.89 bits per heavy atom. The third kappa shape index (κ3) is 2.56. The second-order valence-electron chi connectivity index (χ2n) is 6.33. The monoisotopic (exact) mass is 365 g/mol. The summed E-state index contributed by atoms with van der Waals surface area (Å²) in [6, 6.07) is 11.8. The third-order valence-electron chi connectivity index (χ3n) is 4.81. The van der Waals surface area contributed by atoms with E-state index in [0.717, 1.165) is 5.56 Å². The summed E-state index contributed by atoms with van der Waals surface area (Å²) < 4.78 is 16.8. The lowest BCUT2D eigenvalue weighted by Gasteiger charge is -2.21. The average Bonchev–Trinajstić information content (AvgIpc) is 2.94. The van der Waals surface area contributed by atoms with Crippen molar-refractivity contribution >= 4 is 16.9 Å². The number of hydrogen-bond acceptors (Lipinski definition) is 5. The predicted molar refractivity (Wildman–Crippen MR) is 101 cm³/mol. The number of rotatable bonds is 4. The van der Waals surface area contributed by atoms with Gasteiger partial charge in [-0.2, -0.15) is 0 Å². The van der Waals surface area contributed by atoms with Crippen LogP contribution < -0.4 is 14.9 Å².